The predicted molar refractivity (Wildman–Crippen MR) is 40.9 cm³/mol. The second kappa shape index (κ2) is 8.80. The monoisotopic (exact) mass is 313 g/mol. The number of hydrogen-bond donors (Lipinski definition) is 1. The zero-order chi connectivity index (χ0) is 7.98. The number of rotatable bonds is 5. The summed E-state index contributed by atoms with van der Waals surface area (Å²) < 4.78 is 0. The molecule has 2 nitrogen and oxygen atoms in total. The number of carbonyl (C=O) groups is 1. The third-order valence-electron chi connectivity index (χ3n) is 1.75. The van der Waals surface area contributed by atoms with Crippen LogP contribution in [0.1, 0.15) is 39.5 Å². The quantitative estimate of drug-likeness (QED) is 0.845. The van der Waals surface area contributed by atoms with E-state index in [9.17, 15) is 4.79 Å². The van der Waals surface area contributed by atoms with E-state index >= 15 is 0 Å². The fourth-order valence-corrected chi connectivity index (χ4v) is 0.953. The smallest absolute Gasteiger partial charge is 0.306 e. The van der Waals surface area contributed by atoms with Crippen molar-refractivity contribution in [2.24, 2.45) is 5.92 Å². The van der Waals surface area contributed by atoms with Crippen molar-refractivity contribution in [3.05, 3.63) is 0 Å². The van der Waals surface area contributed by atoms with Crippen molar-refractivity contribution < 1.29 is 46.8 Å². The maximum Gasteiger partial charge on any atom is 0.306 e. The van der Waals surface area contributed by atoms with Crippen molar-refractivity contribution in [3.63, 3.8) is 0 Å². The Kier molecular flexibility index (Phi) is 11.4. The molecule has 0 saturated heterocycles. The van der Waals surface area contributed by atoms with E-state index in [2.05, 4.69) is 6.92 Å². The van der Waals surface area contributed by atoms with Gasteiger partial charge in [0.25, 0.3) is 0 Å². The minimum atomic E-state index is -0.643. The Morgan fingerprint density at radius 2 is 2.00 bits per heavy atom. The zero-order valence-electron chi connectivity index (χ0n) is 7.04. The van der Waals surface area contributed by atoms with Gasteiger partial charge in [0.05, 0.1) is 5.92 Å². The first-order chi connectivity index (χ1) is 4.72. The molecule has 0 fully saturated rings. The van der Waals surface area contributed by atoms with Gasteiger partial charge < -0.3 is 5.11 Å². The summed E-state index contributed by atoms with van der Waals surface area (Å²) in [6.45, 7) is 4.00. The zero-order valence-corrected chi connectivity index (χ0v) is 8.82. The van der Waals surface area contributed by atoms with Gasteiger partial charge in [-0.2, -0.15) is 0 Å². The summed E-state index contributed by atoms with van der Waals surface area (Å²) >= 11 is 0. The summed E-state index contributed by atoms with van der Waals surface area (Å²) in [5, 5.41) is 8.60. The summed E-state index contributed by atoms with van der Waals surface area (Å²) in [5.41, 5.74) is 0. The molecule has 1 unspecified atom stereocenters. The Hall–Kier alpha value is 0.704. The minimum Gasteiger partial charge on any atom is -0.481 e. The summed E-state index contributed by atoms with van der Waals surface area (Å²) in [7, 11) is 0. The second-order valence-corrected chi connectivity index (χ2v) is 2.59. The van der Waals surface area contributed by atoms with Gasteiger partial charge in [0.2, 0.25) is 0 Å². The van der Waals surface area contributed by atoms with Crippen molar-refractivity contribution in [1.82, 2.24) is 0 Å². The van der Waals surface area contributed by atoms with Gasteiger partial charge in [-0.1, -0.05) is 26.7 Å². The summed E-state index contributed by atoms with van der Waals surface area (Å²) in [6, 6.07) is 0. The van der Waals surface area contributed by atoms with Gasteiger partial charge in [-0.15, -0.1) is 0 Å². The fourth-order valence-electron chi connectivity index (χ4n) is 0.953. The van der Waals surface area contributed by atoms with Gasteiger partial charge in [-0.25, -0.2) is 0 Å². The van der Waals surface area contributed by atoms with Crippen molar-refractivity contribution in [1.29, 1.82) is 0 Å². The average molecular weight is 313 g/mol. The molecule has 73 valence electrons. The van der Waals surface area contributed by atoms with Gasteiger partial charge in [0.15, 0.2) is 0 Å². The predicted octanol–water partition coefficient (Wildman–Crippen LogP) is 2.29. The van der Waals surface area contributed by atoms with E-state index in [1.54, 1.807) is 0 Å². The molecule has 0 aliphatic carbocycles. The van der Waals surface area contributed by atoms with E-state index in [0.29, 0.717) is 0 Å². The number of aliphatic carboxylic acids is 1. The Morgan fingerprint density at radius 3 is 2.27 bits per heavy atom. The number of hydrogen-bond acceptors (Lipinski definition) is 1. The van der Waals surface area contributed by atoms with Crippen LogP contribution < -0.4 is 0 Å². The van der Waals surface area contributed by atoms with Crippen LogP contribution in [0.15, 0.2) is 0 Å². The van der Waals surface area contributed by atoms with Gasteiger partial charge in [-0.05, 0) is 12.8 Å². The molecule has 0 rings (SSSR count). The van der Waals surface area contributed by atoms with E-state index in [-0.39, 0.29) is 42.8 Å². The normalized spacial score (nSPS) is 11.8. The number of unbranched alkanes of at least 4 members (excludes halogenated alkanes) is 1. The third-order valence-corrected chi connectivity index (χ3v) is 1.75. The van der Waals surface area contributed by atoms with Gasteiger partial charge >= 0.3 is 5.97 Å². The Labute approximate surface area is 97.6 Å². The first-order valence-corrected chi connectivity index (χ1v) is 3.95. The van der Waals surface area contributed by atoms with Crippen LogP contribution in [0.4, 0.5) is 0 Å². The molecule has 0 aromatic heterocycles. The first-order valence-electron chi connectivity index (χ1n) is 3.95. The molecule has 1 N–H and O–H groups in total. The largest absolute Gasteiger partial charge is 0.481 e. The molecule has 0 saturated carbocycles. The summed E-state index contributed by atoms with van der Waals surface area (Å²) in [4.78, 5) is 10.4. The molecule has 1 atom stereocenters. The molecule has 0 bridgehead atoms. The van der Waals surface area contributed by atoms with E-state index in [4.69, 9.17) is 5.11 Å². The molecule has 3 heteroatoms. The SMILES string of the molecule is CCCCC(CC)C(=O)O.[Tm]. The Bertz CT molecular complexity index is 104. The van der Waals surface area contributed by atoms with Crippen LogP contribution in [-0.4, -0.2) is 11.1 Å². The number of carboxylic acid groups (broad SMARTS) is 1. The van der Waals surface area contributed by atoms with Crippen LogP contribution in [0.2, 0.25) is 0 Å². The number of carboxylic acids is 1. The van der Waals surface area contributed by atoms with Crippen LogP contribution >= 0.6 is 0 Å². The topological polar surface area (TPSA) is 37.3 Å². The molecule has 0 spiro atoms. The van der Waals surface area contributed by atoms with Crippen LogP contribution in [0, 0.1) is 42.8 Å². The molecule has 0 aromatic carbocycles. The summed E-state index contributed by atoms with van der Waals surface area (Å²) in [6.07, 6.45) is 3.71. The minimum absolute atomic E-state index is 0. The van der Waals surface area contributed by atoms with Crippen LogP contribution in [-0.2, 0) is 4.79 Å². The summed E-state index contributed by atoms with van der Waals surface area (Å²) in [5.74, 6) is -0.754. The molecule has 1 radical (unpaired) electrons. The molecular weight excluding hydrogens is 297 g/mol. The van der Waals surface area contributed by atoms with Crippen molar-refractivity contribution >= 4 is 5.97 Å². The van der Waals surface area contributed by atoms with E-state index in [1.807, 2.05) is 6.92 Å². The van der Waals surface area contributed by atoms with Crippen LogP contribution in [0.3, 0.4) is 0 Å². The molecule has 11 heavy (non-hydrogen) atoms. The molecule has 0 aliphatic heterocycles. The van der Waals surface area contributed by atoms with E-state index in [0.717, 1.165) is 25.7 Å². The molecular formula is C8H16O2Tm. The Morgan fingerprint density at radius 1 is 1.45 bits per heavy atom. The average Bonchev–Trinajstić information content (AvgIpc) is 1.89. The van der Waals surface area contributed by atoms with Crippen molar-refractivity contribution in [2.45, 2.75) is 39.5 Å². The van der Waals surface area contributed by atoms with Crippen molar-refractivity contribution in [3.8, 4) is 0 Å². The van der Waals surface area contributed by atoms with Gasteiger partial charge in [-0.3, -0.25) is 4.79 Å². The maximum atomic E-state index is 10.4. The molecule has 0 heterocycles. The molecule has 0 aliphatic rings. The van der Waals surface area contributed by atoms with E-state index < -0.39 is 5.97 Å². The Balaban J connectivity index is 0. The van der Waals surface area contributed by atoms with Crippen LogP contribution in [0.25, 0.3) is 0 Å². The van der Waals surface area contributed by atoms with Gasteiger partial charge in [0, 0.05) is 36.9 Å². The molecule has 0 amide bonds. The fraction of sp³-hybridized carbons (Fsp3) is 0.875. The van der Waals surface area contributed by atoms with Crippen LogP contribution in [0.5, 0.6) is 0 Å². The standard InChI is InChI=1S/C8H16O2.Tm/c1-3-5-6-7(4-2)8(9)10;/h7H,3-6H2,1-2H3,(H,9,10);. The van der Waals surface area contributed by atoms with Gasteiger partial charge in [0.1, 0.15) is 0 Å². The second-order valence-electron chi connectivity index (χ2n) is 2.59. The maximum absolute atomic E-state index is 10.4. The molecule has 0 aromatic rings. The van der Waals surface area contributed by atoms with E-state index in [1.165, 1.54) is 0 Å². The first kappa shape index (κ1) is 14.2. The third kappa shape index (κ3) is 7.08. The van der Waals surface area contributed by atoms with Crippen molar-refractivity contribution in [2.75, 3.05) is 0 Å².